The van der Waals surface area contributed by atoms with Crippen molar-refractivity contribution in [2.24, 2.45) is 0 Å². The second-order valence-corrected chi connectivity index (χ2v) is 10.5. The van der Waals surface area contributed by atoms with E-state index in [2.05, 4.69) is 62.3 Å². The van der Waals surface area contributed by atoms with Crippen molar-refractivity contribution >= 4 is 32.9 Å². The van der Waals surface area contributed by atoms with Gasteiger partial charge in [-0.25, -0.2) is 4.98 Å². The van der Waals surface area contributed by atoms with E-state index >= 15 is 0 Å². The van der Waals surface area contributed by atoms with Gasteiger partial charge in [0.1, 0.15) is 11.6 Å². The summed E-state index contributed by atoms with van der Waals surface area (Å²) in [7, 11) is 0. The molecule has 0 spiro atoms. The van der Waals surface area contributed by atoms with E-state index in [-0.39, 0.29) is 12.2 Å². The predicted molar refractivity (Wildman–Crippen MR) is 137 cm³/mol. The van der Waals surface area contributed by atoms with Gasteiger partial charge in [0.05, 0.1) is 33.7 Å². The van der Waals surface area contributed by atoms with Gasteiger partial charge in [0.2, 0.25) is 0 Å². The van der Waals surface area contributed by atoms with Crippen molar-refractivity contribution in [2.75, 3.05) is 55.6 Å². The van der Waals surface area contributed by atoms with Crippen LogP contribution in [0.25, 0.3) is 10.2 Å². The summed E-state index contributed by atoms with van der Waals surface area (Å²) in [5.41, 5.74) is 8.72. The molecule has 2 aromatic carbocycles. The Bertz CT molecular complexity index is 1230. The average molecular weight is 475 g/mol. The topological polar surface area (TPSA) is 67.7 Å². The zero-order valence-corrected chi connectivity index (χ0v) is 20.4. The number of nitrogens with one attached hydrogen (secondary N) is 1. The number of thiazole rings is 1. The molecule has 3 aliphatic heterocycles. The third-order valence-electron chi connectivity index (χ3n) is 7.17. The summed E-state index contributed by atoms with van der Waals surface area (Å²) < 4.78 is 7.49. The molecule has 8 heteroatoms. The van der Waals surface area contributed by atoms with Crippen LogP contribution in [-0.4, -0.2) is 67.9 Å². The van der Waals surface area contributed by atoms with Crippen LogP contribution in [0, 0.1) is 11.3 Å². The molecule has 1 aromatic heterocycles. The molecule has 0 unspecified atom stereocenters. The Labute approximate surface area is 204 Å². The number of fused-ring (bicyclic) bond motifs is 2. The van der Waals surface area contributed by atoms with Crippen molar-refractivity contribution < 1.29 is 4.74 Å². The number of nitriles is 1. The van der Waals surface area contributed by atoms with Gasteiger partial charge >= 0.3 is 0 Å². The van der Waals surface area contributed by atoms with Gasteiger partial charge in [-0.3, -0.25) is 4.90 Å². The highest BCUT2D eigenvalue weighted by molar-refractivity contribution is 7.17. The monoisotopic (exact) mass is 474 g/mol. The van der Waals surface area contributed by atoms with Crippen LogP contribution >= 0.6 is 11.3 Å². The second-order valence-electron chi connectivity index (χ2n) is 9.61. The molecule has 2 atom stereocenters. The highest BCUT2D eigenvalue weighted by atomic mass is 32.1. The van der Waals surface area contributed by atoms with E-state index < -0.39 is 0 Å². The van der Waals surface area contributed by atoms with Crippen molar-refractivity contribution in [2.45, 2.75) is 32.2 Å². The fourth-order valence-corrected chi connectivity index (χ4v) is 6.46. The quantitative estimate of drug-likeness (QED) is 0.623. The SMILES string of the molecule is C[C@@H]1CN(c2ccc(C#N)c3ncsc23)C[C@H](CN2Cc3ccc(N4CCNCC4)cc3C2)O1. The third kappa shape index (κ3) is 4.14. The zero-order valence-electron chi connectivity index (χ0n) is 19.5. The molecule has 2 fully saturated rings. The lowest BCUT2D eigenvalue weighted by Crippen LogP contribution is -2.50. The summed E-state index contributed by atoms with van der Waals surface area (Å²) in [6.45, 7) is 11.0. The lowest BCUT2D eigenvalue weighted by molar-refractivity contribution is -0.0329. The molecule has 34 heavy (non-hydrogen) atoms. The fourth-order valence-electron chi connectivity index (χ4n) is 5.61. The van der Waals surface area contributed by atoms with Crippen LogP contribution in [0.4, 0.5) is 11.4 Å². The van der Waals surface area contributed by atoms with Crippen molar-refractivity contribution in [1.82, 2.24) is 15.2 Å². The Kier molecular flexibility index (Phi) is 5.87. The van der Waals surface area contributed by atoms with Gasteiger partial charge < -0.3 is 19.9 Å². The van der Waals surface area contributed by atoms with Crippen LogP contribution in [0.3, 0.4) is 0 Å². The summed E-state index contributed by atoms with van der Waals surface area (Å²) in [4.78, 5) is 11.9. The number of piperazine rings is 1. The van der Waals surface area contributed by atoms with Gasteiger partial charge in [-0.15, -0.1) is 11.3 Å². The van der Waals surface area contributed by atoms with E-state index in [0.717, 1.165) is 69.1 Å². The number of benzene rings is 2. The molecule has 3 aromatic rings. The van der Waals surface area contributed by atoms with Gasteiger partial charge in [-0.1, -0.05) is 6.07 Å². The minimum absolute atomic E-state index is 0.143. The summed E-state index contributed by atoms with van der Waals surface area (Å²) in [5.74, 6) is 0. The number of rotatable bonds is 4. The van der Waals surface area contributed by atoms with Crippen molar-refractivity contribution in [3.63, 3.8) is 0 Å². The van der Waals surface area contributed by atoms with Gasteiger partial charge in [0.25, 0.3) is 0 Å². The number of morpholine rings is 1. The minimum atomic E-state index is 0.143. The average Bonchev–Trinajstić information content (AvgIpc) is 3.50. The first-order chi connectivity index (χ1) is 16.7. The van der Waals surface area contributed by atoms with Crippen LogP contribution in [0.1, 0.15) is 23.6 Å². The molecule has 0 amide bonds. The fraction of sp³-hybridized carbons (Fsp3) is 0.462. The molecular weight excluding hydrogens is 444 g/mol. The Morgan fingerprint density at radius 2 is 1.97 bits per heavy atom. The Balaban J connectivity index is 1.15. The van der Waals surface area contributed by atoms with E-state index in [1.807, 2.05) is 11.6 Å². The maximum absolute atomic E-state index is 9.43. The Hall–Kier alpha value is -2.70. The highest BCUT2D eigenvalue weighted by Crippen LogP contribution is 2.34. The lowest BCUT2D eigenvalue weighted by atomic mass is 10.1. The summed E-state index contributed by atoms with van der Waals surface area (Å²) in [5, 5.41) is 12.9. The molecule has 0 saturated carbocycles. The normalized spacial score (nSPS) is 23.3. The minimum Gasteiger partial charge on any atom is -0.370 e. The smallest absolute Gasteiger partial charge is 0.101 e. The Morgan fingerprint density at radius 1 is 1.12 bits per heavy atom. The summed E-state index contributed by atoms with van der Waals surface area (Å²) >= 11 is 1.61. The lowest BCUT2D eigenvalue weighted by Gasteiger charge is -2.39. The number of hydrogen-bond donors (Lipinski definition) is 1. The molecule has 176 valence electrons. The first-order valence-electron chi connectivity index (χ1n) is 12.1. The van der Waals surface area contributed by atoms with E-state index in [4.69, 9.17) is 4.74 Å². The van der Waals surface area contributed by atoms with Crippen molar-refractivity contribution in [1.29, 1.82) is 5.26 Å². The predicted octanol–water partition coefficient (Wildman–Crippen LogP) is 3.19. The maximum atomic E-state index is 9.43. The van der Waals surface area contributed by atoms with Crippen LogP contribution < -0.4 is 15.1 Å². The van der Waals surface area contributed by atoms with Gasteiger partial charge in [0, 0.05) is 64.6 Å². The molecule has 0 aliphatic carbocycles. The standard InChI is InChI=1S/C26H30N6OS/c1-18-12-32(24-5-3-19(11-27)25-26(24)34-17-29-25)16-23(33-18)15-30-13-20-2-4-22(10-21(20)14-30)31-8-6-28-7-9-31/h2-5,10,17-18,23,28H,6-9,12-16H2,1H3/t18-,23+/m1/s1. The number of anilines is 2. The van der Waals surface area contributed by atoms with E-state index in [9.17, 15) is 5.26 Å². The maximum Gasteiger partial charge on any atom is 0.101 e. The first-order valence-corrected chi connectivity index (χ1v) is 13.0. The van der Waals surface area contributed by atoms with Crippen LogP contribution in [0.5, 0.6) is 0 Å². The van der Waals surface area contributed by atoms with Gasteiger partial charge in [-0.2, -0.15) is 5.26 Å². The number of aromatic nitrogens is 1. The highest BCUT2D eigenvalue weighted by Gasteiger charge is 2.30. The molecule has 7 nitrogen and oxygen atoms in total. The second kappa shape index (κ2) is 9.16. The van der Waals surface area contributed by atoms with Crippen LogP contribution in [-0.2, 0) is 17.8 Å². The van der Waals surface area contributed by atoms with Crippen molar-refractivity contribution in [3.05, 3.63) is 52.5 Å². The van der Waals surface area contributed by atoms with Crippen LogP contribution in [0.15, 0.2) is 35.8 Å². The molecule has 0 bridgehead atoms. The zero-order chi connectivity index (χ0) is 23.1. The molecule has 2 saturated heterocycles. The number of nitrogens with zero attached hydrogens (tertiary/aromatic N) is 5. The number of hydrogen-bond acceptors (Lipinski definition) is 8. The molecular formula is C26H30N6OS. The first kappa shape index (κ1) is 21.8. The van der Waals surface area contributed by atoms with E-state index in [1.165, 1.54) is 22.5 Å². The van der Waals surface area contributed by atoms with E-state index in [0.29, 0.717) is 5.56 Å². The molecule has 6 rings (SSSR count). The molecule has 1 N–H and O–H groups in total. The summed E-state index contributed by atoms with van der Waals surface area (Å²) in [6, 6.07) is 13.3. The van der Waals surface area contributed by atoms with Crippen LogP contribution in [0.2, 0.25) is 0 Å². The van der Waals surface area contributed by atoms with Gasteiger partial charge in [0.15, 0.2) is 0 Å². The largest absolute Gasteiger partial charge is 0.370 e. The number of ether oxygens (including phenoxy) is 1. The third-order valence-corrected chi connectivity index (χ3v) is 8.02. The van der Waals surface area contributed by atoms with Crippen molar-refractivity contribution in [3.8, 4) is 6.07 Å². The summed E-state index contributed by atoms with van der Waals surface area (Å²) in [6.07, 6.45) is 0.297. The molecule has 4 heterocycles. The Morgan fingerprint density at radius 3 is 2.82 bits per heavy atom. The van der Waals surface area contributed by atoms with Gasteiger partial charge in [-0.05, 0) is 42.3 Å². The van der Waals surface area contributed by atoms with E-state index in [1.54, 1.807) is 11.3 Å². The molecule has 3 aliphatic rings. The molecule has 0 radical (unpaired) electrons.